The van der Waals surface area contributed by atoms with Crippen LogP contribution in [0.4, 0.5) is 0 Å². The molecule has 1 heterocycles. The summed E-state index contributed by atoms with van der Waals surface area (Å²) in [5, 5.41) is 3.44. The van der Waals surface area contributed by atoms with E-state index in [1.165, 1.54) is 5.56 Å². The molecule has 0 aromatic heterocycles. The zero-order chi connectivity index (χ0) is 14.4. The predicted octanol–water partition coefficient (Wildman–Crippen LogP) is 2.71. The van der Waals surface area contributed by atoms with Crippen molar-refractivity contribution in [3.63, 3.8) is 0 Å². The number of hydrogen-bond acceptors (Lipinski definition) is 2. The monoisotopic (exact) mass is 274 g/mol. The molecule has 3 nitrogen and oxygen atoms in total. The van der Waals surface area contributed by atoms with Gasteiger partial charge in [-0.15, -0.1) is 0 Å². The number of nitrogens with one attached hydrogen (secondary N) is 1. The number of benzene rings is 1. The molecule has 0 aliphatic carbocycles. The summed E-state index contributed by atoms with van der Waals surface area (Å²) in [6.07, 6.45) is 3.24. The Hall–Kier alpha value is -1.35. The Bertz CT molecular complexity index is 444. The number of nitrogens with zero attached hydrogens (tertiary/aromatic N) is 1. The molecule has 0 saturated carbocycles. The molecule has 1 amide bonds. The Kier molecular flexibility index (Phi) is 5.60. The Labute approximate surface area is 122 Å². The molecule has 0 saturated heterocycles. The molecule has 0 fully saturated rings. The lowest BCUT2D eigenvalue weighted by Crippen LogP contribution is -2.37. The summed E-state index contributed by atoms with van der Waals surface area (Å²) in [5.74, 6) is 0.705. The second kappa shape index (κ2) is 7.44. The number of carbonyl (C=O) groups excluding carboxylic acids is 1. The van der Waals surface area contributed by atoms with Crippen molar-refractivity contribution in [1.29, 1.82) is 0 Å². The molecule has 3 heteroatoms. The van der Waals surface area contributed by atoms with Crippen molar-refractivity contribution in [2.24, 2.45) is 5.92 Å². The van der Waals surface area contributed by atoms with Gasteiger partial charge in [0.25, 0.3) is 5.91 Å². The van der Waals surface area contributed by atoms with Crippen molar-refractivity contribution in [2.75, 3.05) is 26.2 Å². The fourth-order valence-electron chi connectivity index (χ4n) is 2.82. The second-order valence-corrected chi connectivity index (χ2v) is 5.82. The lowest BCUT2D eigenvalue weighted by molar-refractivity contribution is 0.0737. The van der Waals surface area contributed by atoms with Crippen molar-refractivity contribution in [3.8, 4) is 0 Å². The van der Waals surface area contributed by atoms with Crippen LogP contribution in [0, 0.1) is 5.92 Å². The minimum Gasteiger partial charge on any atom is -0.338 e. The quantitative estimate of drug-likeness (QED) is 0.809. The molecule has 2 rings (SSSR count). The van der Waals surface area contributed by atoms with E-state index in [9.17, 15) is 4.79 Å². The average Bonchev–Trinajstić information content (AvgIpc) is 2.60. The normalized spacial score (nSPS) is 16.7. The third-order valence-corrected chi connectivity index (χ3v) is 3.86. The van der Waals surface area contributed by atoms with Gasteiger partial charge < -0.3 is 10.2 Å². The Balaban J connectivity index is 1.97. The smallest absolute Gasteiger partial charge is 0.254 e. The first-order valence-corrected chi connectivity index (χ1v) is 7.80. The molecular formula is C17H26N2O. The summed E-state index contributed by atoms with van der Waals surface area (Å²) >= 11 is 0. The molecule has 110 valence electrons. The molecule has 0 bridgehead atoms. The third-order valence-electron chi connectivity index (χ3n) is 3.86. The molecule has 20 heavy (non-hydrogen) atoms. The molecule has 0 spiro atoms. The first-order valence-electron chi connectivity index (χ1n) is 7.80. The summed E-state index contributed by atoms with van der Waals surface area (Å²) in [5.41, 5.74) is 2.11. The van der Waals surface area contributed by atoms with Crippen LogP contribution >= 0.6 is 0 Å². The minimum absolute atomic E-state index is 0.209. The second-order valence-electron chi connectivity index (χ2n) is 5.82. The van der Waals surface area contributed by atoms with Crippen LogP contribution in [-0.4, -0.2) is 37.0 Å². The minimum atomic E-state index is 0.209. The van der Waals surface area contributed by atoms with Gasteiger partial charge in [-0.05, 0) is 49.9 Å². The lowest BCUT2D eigenvalue weighted by atomic mass is 10.0. The number of carbonyl (C=O) groups is 1. The molecule has 1 atom stereocenters. The average molecular weight is 274 g/mol. The highest BCUT2D eigenvalue weighted by Crippen LogP contribution is 2.19. The fourth-order valence-corrected chi connectivity index (χ4v) is 2.82. The van der Waals surface area contributed by atoms with Gasteiger partial charge in [0, 0.05) is 18.7 Å². The maximum Gasteiger partial charge on any atom is 0.254 e. The fraction of sp³-hybridized carbons (Fsp3) is 0.588. The zero-order valence-electron chi connectivity index (χ0n) is 12.7. The first kappa shape index (κ1) is 15.0. The largest absolute Gasteiger partial charge is 0.338 e. The first-order chi connectivity index (χ1) is 9.72. The summed E-state index contributed by atoms with van der Waals surface area (Å²) in [4.78, 5) is 14.6. The molecule has 1 N–H and O–H groups in total. The number of rotatable bonds is 6. The third kappa shape index (κ3) is 3.83. The molecule has 1 aromatic carbocycles. The van der Waals surface area contributed by atoms with Gasteiger partial charge in [0.2, 0.25) is 0 Å². The van der Waals surface area contributed by atoms with Gasteiger partial charge in [0.05, 0.1) is 0 Å². The van der Waals surface area contributed by atoms with Crippen LogP contribution in [0.2, 0.25) is 0 Å². The lowest BCUT2D eigenvalue weighted by Gasteiger charge is -2.25. The van der Waals surface area contributed by atoms with E-state index < -0.39 is 0 Å². The van der Waals surface area contributed by atoms with E-state index in [0.29, 0.717) is 5.92 Å². The van der Waals surface area contributed by atoms with E-state index in [0.717, 1.165) is 51.0 Å². The topological polar surface area (TPSA) is 32.3 Å². The van der Waals surface area contributed by atoms with Crippen LogP contribution in [0.5, 0.6) is 0 Å². The van der Waals surface area contributed by atoms with Gasteiger partial charge in [-0.25, -0.2) is 0 Å². The molecule has 1 unspecified atom stereocenters. The van der Waals surface area contributed by atoms with E-state index in [4.69, 9.17) is 0 Å². The maximum atomic E-state index is 12.6. The summed E-state index contributed by atoms with van der Waals surface area (Å²) < 4.78 is 0. The van der Waals surface area contributed by atoms with Crippen LogP contribution in [0.3, 0.4) is 0 Å². The van der Waals surface area contributed by atoms with Gasteiger partial charge in [-0.3, -0.25) is 4.79 Å². The molecule has 1 aliphatic rings. The van der Waals surface area contributed by atoms with Gasteiger partial charge in [0.15, 0.2) is 0 Å². The van der Waals surface area contributed by atoms with Crippen molar-refractivity contribution >= 4 is 5.91 Å². The number of amides is 1. The zero-order valence-corrected chi connectivity index (χ0v) is 12.7. The number of aryl methyl sites for hydroxylation is 1. The highest BCUT2D eigenvalue weighted by Gasteiger charge is 2.22. The van der Waals surface area contributed by atoms with Crippen LogP contribution in [0.15, 0.2) is 24.3 Å². The van der Waals surface area contributed by atoms with Gasteiger partial charge in [0.1, 0.15) is 0 Å². The van der Waals surface area contributed by atoms with Crippen molar-refractivity contribution in [2.45, 2.75) is 33.1 Å². The van der Waals surface area contributed by atoms with Crippen molar-refractivity contribution in [3.05, 3.63) is 35.4 Å². The number of fused-ring (bicyclic) bond motifs is 1. The number of hydrogen-bond donors (Lipinski definition) is 1. The van der Waals surface area contributed by atoms with E-state index in [1.54, 1.807) is 0 Å². The predicted molar refractivity (Wildman–Crippen MR) is 83.0 cm³/mol. The van der Waals surface area contributed by atoms with E-state index in [-0.39, 0.29) is 5.91 Å². The summed E-state index contributed by atoms with van der Waals surface area (Å²) in [7, 11) is 0. The Morgan fingerprint density at radius 3 is 2.95 bits per heavy atom. The highest BCUT2D eigenvalue weighted by molar-refractivity contribution is 5.96. The van der Waals surface area contributed by atoms with E-state index in [2.05, 4.69) is 25.2 Å². The Morgan fingerprint density at radius 1 is 1.35 bits per heavy atom. The van der Waals surface area contributed by atoms with Gasteiger partial charge in [-0.1, -0.05) is 32.0 Å². The van der Waals surface area contributed by atoms with Crippen LogP contribution in [-0.2, 0) is 6.42 Å². The molecule has 0 radical (unpaired) electrons. The summed E-state index contributed by atoms with van der Waals surface area (Å²) in [6, 6.07) is 8.05. The van der Waals surface area contributed by atoms with E-state index in [1.807, 2.05) is 23.1 Å². The van der Waals surface area contributed by atoms with Crippen molar-refractivity contribution in [1.82, 2.24) is 10.2 Å². The molecule has 1 aliphatic heterocycles. The molecular weight excluding hydrogens is 248 g/mol. The Morgan fingerprint density at radius 2 is 2.15 bits per heavy atom. The van der Waals surface area contributed by atoms with Crippen molar-refractivity contribution < 1.29 is 4.79 Å². The SMILES string of the molecule is CCCNCC(C)CN1CCCc2ccccc2C1=O. The van der Waals surface area contributed by atoms with Gasteiger partial charge in [-0.2, -0.15) is 0 Å². The highest BCUT2D eigenvalue weighted by atomic mass is 16.2. The maximum absolute atomic E-state index is 12.6. The van der Waals surface area contributed by atoms with E-state index >= 15 is 0 Å². The molecule has 1 aromatic rings. The van der Waals surface area contributed by atoms with Gasteiger partial charge >= 0.3 is 0 Å². The standard InChI is InChI=1S/C17H26N2O/c1-3-10-18-12-14(2)13-19-11-6-8-15-7-4-5-9-16(15)17(19)20/h4-5,7,9,14,18H,3,6,8,10-13H2,1-2H3. The van der Waals surface area contributed by atoms with Crippen LogP contribution < -0.4 is 5.32 Å². The van der Waals surface area contributed by atoms with Crippen LogP contribution in [0.25, 0.3) is 0 Å². The van der Waals surface area contributed by atoms with Crippen LogP contribution in [0.1, 0.15) is 42.6 Å². The summed E-state index contributed by atoms with van der Waals surface area (Å²) in [6.45, 7) is 8.16.